The van der Waals surface area contributed by atoms with Crippen LogP contribution in [0, 0.1) is 18.7 Å². The number of hydrogen-bond donors (Lipinski definition) is 1. The average molecular weight is 361 g/mol. The first-order valence-corrected chi connectivity index (χ1v) is 9.59. The van der Waals surface area contributed by atoms with E-state index in [2.05, 4.69) is 15.2 Å². The van der Waals surface area contributed by atoms with E-state index in [9.17, 15) is 9.18 Å². The molecule has 2 heterocycles. The number of hydrogen-bond acceptors (Lipinski definition) is 4. The van der Waals surface area contributed by atoms with E-state index in [1.54, 1.807) is 17.4 Å². The molecule has 1 atom stereocenters. The Labute approximate surface area is 152 Å². The first-order chi connectivity index (χ1) is 12.1. The van der Waals surface area contributed by atoms with Crippen molar-refractivity contribution >= 4 is 17.2 Å². The summed E-state index contributed by atoms with van der Waals surface area (Å²) in [5.41, 5.74) is 3.57. The lowest BCUT2D eigenvalue weighted by molar-refractivity contribution is -0.120. The average Bonchev–Trinajstić information content (AvgIpc) is 3.10. The number of carbonyl (C=O) groups is 1. The van der Waals surface area contributed by atoms with E-state index in [0.717, 1.165) is 43.6 Å². The lowest BCUT2D eigenvalue weighted by Gasteiger charge is -2.32. The minimum absolute atomic E-state index is 0.0340. The molecular formula is C19H24FN3OS. The summed E-state index contributed by atoms with van der Waals surface area (Å²) in [4.78, 5) is 20.0. The van der Waals surface area contributed by atoms with E-state index < -0.39 is 0 Å². The molecule has 0 aliphatic carbocycles. The van der Waals surface area contributed by atoms with Gasteiger partial charge in [-0.15, -0.1) is 11.3 Å². The normalized spacial score (nSPS) is 18.2. The lowest BCUT2D eigenvalue weighted by Crippen LogP contribution is -2.40. The Morgan fingerprint density at radius 2 is 2.36 bits per heavy atom. The van der Waals surface area contributed by atoms with Crippen molar-refractivity contribution < 1.29 is 9.18 Å². The van der Waals surface area contributed by atoms with Crippen LogP contribution < -0.4 is 5.32 Å². The fourth-order valence-corrected chi connectivity index (χ4v) is 3.96. The van der Waals surface area contributed by atoms with E-state index in [-0.39, 0.29) is 18.1 Å². The van der Waals surface area contributed by atoms with Gasteiger partial charge >= 0.3 is 0 Å². The van der Waals surface area contributed by atoms with Gasteiger partial charge in [-0.05, 0) is 55.5 Å². The molecule has 1 aliphatic rings. The van der Waals surface area contributed by atoms with Gasteiger partial charge in [-0.3, -0.25) is 14.7 Å². The monoisotopic (exact) mass is 361 g/mol. The summed E-state index contributed by atoms with van der Waals surface area (Å²) in [5.74, 6) is 0.145. The molecule has 1 aromatic heterocycles. The number of nitrogens with zero attached hydrogens (tertiary/aromatic N) is 2. The Hall–Kier alpha value is -1.79. The molecule has 1 aromatic carbocycles. The second kappa shape index (κ2) is 8.54. The van der Waals surface area contributed by atoms with Gasteiger partial charge in [0.25, 0.3) is 0 Å². The Balaban J connectivity index is 1.46. The number of thiazole rings is 1. The number of halogens is 1. The smallest absolute Gasteiger partial charge is 0.224 e. The standard InChI is InChI=1S/C19H24FN3OS/c1-14-4-5-17(20)7-16(14)8-19(24)22-9-15-3-2-6-23(11-15)12-18-10-21-13-25-18/h4-5,7,10,13,15H,2-3,6,8-9,11-12H2,1H3,(H,22,24). The largest absolute Gasteiger partial charge is 0.355 e. The molecule has 0 bridgehead atoms. The summed E-state index contributed by atoms with van der Waals surface area (Å²) in [6.07, 6.45) is 4.46. The zero-order chi connectivity index (χ0) is 17.6. The summed E-state index contributed by atoms with van der Waals surface area (Å²) >= 11 is 1.69. The minimum atomic E-state index is -0.292. The number of likely N-dealkylation sites (tertiary alicyclic amines) is 1. The number of aryl methyl sites for hydroxylation is 1. The van der Waals surface area contributed by atoms with Crippen LogP contribution in [0.15, 0.2) is 29.9 Å². The number of piperidine rings is 1. The Bertz CT molecular complexity index is 705. The van der Waals surface area contributed by atoms with Crippen LogP contribution in [0.25, 0.3) is 0 Å². The van der Waals surface area contributed by atoms with Crippen LogP contribution in [0.1, 0.15) is 28.8 Å². The molecule has 1 saturated heterocycles. The van der Waals surface area contributed by atoms with Gasteiger partial charge in [-0.25, -0.2) is 4.39 Å². The summed E-state index contributed by atoms with van der Waals surface area (Å²) < 4.78 is 13.3. The predicted molar refractivity (Wildman–Crippen MR) is 98.0 cm³/mol. The van der Waals surface area contributed by atoms with Gasteiger partial charge in [0.1, 0.15) is 5.82 Å². The molecule has 134 valence electrons. The first kappa shape index (κ1) is 18.0. The minimum Gasteiger partial charge on any atom is -0.355 e. The Morgan fingerprint density at radius 3 is 3.16 bits per heavy atom. The zero-order valence-corrected chi connectivity index (χ0v) is 15.3. The van der Waals surface area contributed by atoms with E-state index in [0.29, 0.717) is 12.5 Å². The fraction of sp³-hybridized carbons (Fsp3) is 0.474. The van der Waals surface area contributed by atoms with Gasteiger partial charge in [-0.2, -0.15) is 0 Å². The highest BCUT2D eigenvalue weighted by Gasteiger charge is 2.21. The molecule has 3 rings (SSSR count). The van der Waals surface area contributed by atoms with Gasteiger partial charge in [0.2, 0.25) is 5.91 Å². The topological polar surface area (TPSA) is 45.2 Å². The van der Waals surface area contributed by atoms with Crippen molar-refractivity contribution in [2.45, 2.75) is 32.7 Å². The lowest BCUT2D eigenvalue weighted by atomic mass is 9.97. The number of benzene rings is 1. The van der Waals surface area contributed by atoms with Crippen molar-refractivity contribution in [3.63, 3.8) is 0 Å². The molecule has 1 amide bonds. The Kier molecular flexibility index (Phi) is 6.15. The summed E-state index contributed by atoms with van der Waals surface area (Å²) in [6.45, 7) is 5.63. The van der Waals surface area contributed by atoms with Gasteiger partial charge in [-0.1, -0.05) is 6.07 Å². The second-order valence-corrected chi connectivity index (χ2v) is 7.73. The maximum Gasteiger partial charge on any atom is 0.224 e. The zero-order valence-electron chi connectivity index (χ0n) is 14.5. The molecule has 2 aromatic rings. The maximum atomic E-state index is 13.3. The van der Waals surface area contributed by atoms with Crippen LogP contribution in [0.5, 0.6) is 0 Å². The number of rotatable bonds is 6. The maximum absolute atomic E-state index is 13.3. The summed E-state index contributed by atoms with van der Waals surface area (Å²) in [6, 6.07) is 4.60. The van der Waals surface area contributed by atoms with E-state index >= 15 is 0 Å². The number of amides is 1. The molecule has 4 nitrogen and oxygen atoms in total. The van der Waals surface area contributed by atoms with Crippen LogP contribution in [0.4, 0.5) is 4.39 Å². The fourth-order valence-electron chi connectivity index (χ4n) is 3.33. The highest BCUT2D eigenvalue weighted by atomic mass is 32.1. The van der Waals surface area contributed by atoms with Crippen molar-refractivity contribution in [2.75, 3.05) is 19.6 Å². The summed E-state index contributed by atoms with van der Waals surface area (Å²) in [5, 5.41) is 3.03. The number of carbonyl (C=O) groups excluding carboxylic acids is 1. The second-order valence-electron chi connectivity index (χ2n) is 6.76. The van der Waals surface area contributed by atoms with Gasteiger partial charge < -0.3 is 5.32 Å². The van der Waals surface area contributed by atoms with E-state index in [1.165, 1.54) is 17.0 Å². The highest BCUT2D eigenvalue weighted by Crippen LogP contribution is 2.19. The SMILES string of the molecule is Cc1ccc(F)cc1CC(=O)NCC1CCCN(Cc2cncs2)C1. The number of aromatic nitrogens is 1. The molecule has 0 spiro atoms. The van der Waals surface area contributed by atoms with Crippen LogP contribution in [-0.2, 0) is 17.8 Å². The predicted octanol–water partition coefficient (Wildman–Crippen LogP) is 3.16. The van der Waals surface area contributed by atoms with Gasteiger partial charge in [0, 0.05) is 30.7 Å². The van der Waals surface area contributed by atoms with Crippen molar-refractivity contribution in [1.29, 1.82) is 0 Å². The van der Waals surface area contributed by atoms with Crippen LogP contribution in [0.3, 0.4) is 0 Å². The molecule has 1 fully saturated rings. The molecule has 0 saturated carbocycles. The molecule has 6 heteroatoms. The Morgan fingerprint density at radius 1 is 1.48 bits per heavy atom. The summed E-state index contributed by atoms with van der Waals surface area (Å²) in [7, 11) is 0. The van der Waals surface area contributed by atoms with E-state index in [4.69, 9.17) is 0 Å². The first-order valence-electron chi connectivity index (χ1n) is 8.71. The quantitative estimate of drug-likeness (QED) is 0.860. The number of nitrogens with one attached hydrogen (secondary N) is 1. The van der Waals surface area contributed by atoms with E-state index in [1.807, 2.05) is 18.6 Å². The third-order valence-electron chi connectivity index (χ3n) is 4.72. The molecule has 1 aliphatic heterocycles. The van der Waals surface area contributed by atoms with Crippen molar-refractivity contribution in [3.05, 3.63) is 51.7 Å². The third-order valence-corrected chi connectivity index (χ3v) is 5.48. The van der Waals surface area contributed by atoms with Crippen molar-refractivity contribution in [3.8, 4) is 0 Å². The third kappa shape index (κ3) is 5.34. The molecule has 1 N–H and O–H groups in total. The van der Waals surface area contributed by atoms with Crippen molar-refractivity contribution in [2.24, 2.45) is 5.92 Å². The molecule has 1 unspecified atom stereocenters. The van der Waals surface area contributed by atoms with Crippen LogP contribution >= 0.6 is 11.3 Å². The highest BCUT2D eigenvalue weighted by molar-refractivity contribution is 7.09. The van der Waals surface area contributed by atoms with Gasteiger partial charge in [0.05, 0.1) is 11.9 Å². The van der Waals surface area contributed by atoms with Gasteiger partial charge in [0.15, 0.2) is 0 Å². The van der Waals surface area contributed by atoms with Crippen LogP contribution in [0.2, 0.25) is 0 Å². The van der Waals surface area contributed by atoms with Crippen molar-refractivity contribution in [1.82, 2.24) is 15.2 Å². The molecule has 25 heavy (non-hydrogen) atoms. The van der Waals surface area contributed by atoms with Crippen LogP contribution in [-0.4, -0.2) is 35.4 Å². The molecule has 0 radical (unpaired) electrons. The molecular weight excluding hydrogens is 337 g/mol.